The molecule has 0 fully saturated rings. The molecule has 0 aliphatic rings. The Kier molecular flexibility index (Phi) is 12.2. The maximum absolute atomic E-state index is 13.0. The monoisotopic (exact) mass is 452 g/mol. The second-order valence-electron chi connectivity index (χ2n) is 5.02. The first-order valence-corrected chi connectivity index (χ1v) is 7.52. The van der Waals surface area contributed by atoms with Crippen molar-refractivity contribution in [1.82, 2.24) is 16.0 Å². The Balaban J connectivity index is 0.00000529. The van der Waals surface area contributed by atoms with Gasteiger partial charge in [0.2, 0.25) is 5.91 Å². The molecule has 0 saturated heterocycles. The van der Waals surface area contributed by atoms with Crippen LogP contribution in [0.3, 0.4) is 0 Å². The number of hydrogen-bond acceptors (Lipinski definition) is 3. The van der Waals surface area contributed by atoms with Crippen LogP contribution in [0.25, 0.3) is 0 Å². The van der Waals surface area contributed by atoms with E-state index in [1.54, 1.807) is 20.2 Å². The first kappa shape index (κ1) is 22.6. The van der Waals surface area contributed by atoms with Gasteiger partial charge < -0.3 is 20.7 Å². The van der Waals surface area contributed by atoms with Crippen LogP contribution < -0.4 is 16.0 Å². The van der Waals surface area contributed by atoms with Crippen molar-refractivity contribution in [3.8, 4) is 0 Å². The van der Waals surface area contributed by atoms with Gasteiger partial charge in [-0.1, -0.05) is 6.07 Å². The van der Waals surface area contributed by atoms with Crippen molar-refractivity contribution in [2.75, 3.05) is 40.4 Å². The van der Waals surface area contributed by atoms with Gasteiger partial charge in [0.1, 0.15) is 5.82 Å². The normalized spacial score (nSPS) is 10.8. The van der Waals surface area contributed by atoms with Crippen LogP contribution in [0, 0.1) is 12.7 Å². The highest BCUT2D eigenvalue weighted by Crippen LogP contribution is 2.10. The van der Waals surface area contributed by atoms with Crippen molar-refractivity contribution in [2.45, 2.75) is 13.3 Å². The Morgan fingerprint density at radius 1 is 1.25 bits per heavy atom. The highest BCUT2D eigenvalue weighted by Gasteiger charge is 2.04. The standard InChI is InChI=1S/C16H25FN4O2.HI/c1-12-10-14(17)5-4-13(12)6-7-20-16(18-2)21-11-15(22)19-8-9-23-3;/h4-5,10H,6-9,11H2,1-3H3,(H,19,22)(H2,18,20,21);1H. The second kappa shape index (κ2) is 12.9. The number of benzene rings is 1. The quantitative estimate of drug-likeness (QED) is 0.240. The highest BCUT2D eigenvalue weighted by atomic mass is 127. The molecule has 0 radical (unpaired) electrons. The molecule has 0 unspecified atom stereocenters. The van der Waals surface area contributed by atoms with E-state index in [-0.39, 0.29) is 42.2 Å². The minimum atomic E-state index is -0.226. The number of nitrogens with zero attached hydrogens (tertiary/aromatic N) is 1. The van der Waals surface area contributed by atoms with Gasteiger partial charge in [-0.15, -0.1) is 24.0 Å². The predicted octanol–water partition coefficient (Wildman–Crippen LogP) is 1.22. The van der Waals surface area contributed by atoms with Gasteiger partial charge >= 0.3 is 0 Å². The number of methoxy groups -OCH3 is 1. The molecule has 1 amide bonds. The molecule has 0 saturated carbocycles. The number of guanidine groups is 1. The summed E-state index contributed by atoms with van der Waals surface area (Å²) in [7, 11) is 3.22. The highest BCUT2D eigenvalue weighted by molar-refractivity contribution is 14.0. The van der Waals surface area contributed by atoms with Crippen molar-refractivity contribution >= 4 is 35.8 Å². The minimum Gasteiger partial charge on any atom is -0.383 e. The van der Waals surface area contributed by atoms with Gasteiger partial charge in [0.15, 0.2) is 5.96 Å². The van der Waals surface area contributed by atoms with Crippen LogP contribution in [-0.2, 0) is 16.0 Å². The summed E-state index contributed by atoms with van der Waals surface area (Å²) < 4.78 is 17.9. The third-order valence-corrected chi connectivity index (χ3v) is 3.26. The summed E-state index contributed by atoms with van der Waals surface area (Å²) in [5.74, 6) is 0.196. The van der Waals surface area contributed by atoms with Gasteiger partial charge in [-0.25, -0.2) is 4.39 Å². The van der Waals surface area contributed by atoms with E-state index in [1.165, 1.54) is 12.1 Å². The van der Waals surface area contributed by atoms with E-state index in [2.05, 4.69) is 20.9 Å². The van der Waals surface area contributed by atoms with E-state index >= 15 is 0 Å². The number of rotatable bonds is 8. The Hall–Kier alpha value is -1.42. The number of aryl methyl sites for hydroxylation is 1. The number of hydrogen-bond donors (Lipinski definition) is 3. The summed E-state index contributed by atoms with van der Waals surface area (Å²) in [6, 6.07) is 4.76. The van der Waals surface area contributed by atoms with Crippen molar-refractivity contribution in [2.24, 2.45) is 4.99 Å². The summed E-state index contributed by atoms with van der Waals surface area (Å²) >= 11 is 0. The smallest absolute Gasteiger partial charge is 0.239 e. The molecular weight excluding hydrogens is 426 g/mol. The van der Waals surface area contributed by atoms with E-state index in [4.69, 9.17) is 4.74 Å². The number of aliphatic imine (C=N–C) groups is 1. The van der Waals surface area contributed by atoms with Crippen LogP contribution in [-0.4, -0.2) is 52.3 Å². The largest absolute Gasteiger partial charge is 0.383 e. The molecule has 1 aromatic rings. The zero-order valence-corrected chi connectivity index (χ0v) is 16.6. The molecule has 24 heavy (non-hydrogen) atoms. The summed E-state index contributed by atoms with van der Waals surface area (Å²) in [4.78, 5) is 15.6. The molecule has 6 nitrogen and oxygen atoms in total. The van der Waals surface area contributed by atoms with Crippen LogP contribution in [0.5, 0.6) is 0 Å². The van der Waals surface area contributed by atoms with Gasteiger partial charge in [0, 0.05) is 27.2 Å². The van der Waals surface area contributed by atoms with Gasteiger partial charge in [0.25, 0.3) is 0 Å². The molecule has 8 heteroatoms. The molecule has 0 aliphatic carbocycles. The lowest BCUT2D eigenvalue weighted by atomic mass is 10.1. The van der Waals surface area contributed by atoms with Gasteiger partial charge in [-0.05, 0) is 36.6 Å². The van der Waals surface area contributed by atoms with Gasteiger partial charge in [-0.3, -0.25) is 9.79 Å². The third kappa shape index (κ3) is 9.02. The van der Waals surface area contributed by atoms with Crippen molar-refractivity contribution in [1.29, 1.82) is 0 Å². The van der Waals surface area contributed by atoms with Crippen molar-refractivity contribution in [3.63, 3.8) is 0 Å². The number of nitrogens with one attached hydrogen (secondary N) is 3. The Morgan fingerprint density at radius 2 is 2.00 bits per heavy atom. The van der Waals surface area contributed by atoms with Crippen LogP contribution in [0.2, 0.25) is 0 Å². The fourth-order valence-corrected chi connectivity index (χ4v) is 1.99. The molecule has 0 spiro atoms. The molecule has 1 aromatic carbocycles. The Labute approximate surface area is 159 Å². The van der Waals surface area contributed by atoms with Gasteiger partial charge in [-0.2, -0.15) is 0 Å². The number of ether oxygens (including phenoxy) is 1. The maximum Gasteiger partial charge on any atom is 0.239 e. The SMILES string of the molecule is CN=C(NCCc1ccc(F)cc1C)NCC(=O)NCCOC.I. The van der Waals surface area contributed by atoms with Crippen LogP contribution in [0.1, 0.15) is 11.1 Å². The van der Waals surface area contributed by atoms with E-state index in [1.807, 2.05) is 6.92 Å². The van der Waals surface area contributed by atoms with Crippen molar-refractivity contribution in [3.05, 3.63) is 35.1 Å². The van der Waals surface area contributed by atoms with Crippen LogP contribution >= 0.6 is 24.0 Å². The number of carbonyl (C=O) groups is 1. The fourth-order valence-electron chi connectivity index (χ4n) is 1.99. The Morgan fingerprint density at radius 3 is 2.62 bits per heavy atom. The fraction of sp³-hybridized carbons (Fsp3) is 0.500. The van der Waals surface area contributed by atoms with E-state index in [9.17, 15) is 9.18 Å². The lowest BCUT2D eigenvalue weighted by Gasteiger charge is -2.12. The van der Waals surface area contributed by atoms with Crippen LogP contribution in [0.4, 0.5) is 4.39 Å². The molecule has 0 atom stereocenters. The third-order valence-electron chi connectivity index (χ3n) is 3.26. The summed E-state index contributed by atoms with van der Waals surface area (Å²) in [6.45, 7) is 3.62. The molecular formula is C16H26FIN4O2. The molecule has 0 aliphatic heterocycles. The lowest BCUT2D eigenvalue weighted by molar-refractivity contribution is -0.120. The molecule has 0 aromatic heterocycles. The van der Waals surface area contributed by atoms with Gasteiger partial charge in [0.05, 0.1) is 13.2 Å². The van der Waals surface area contributed by atoms with Crippen molar-refractivity contribution < 1.29 is 13.9 Å². The predicted molar refractivity (Wildman–Crippen MR) is 105 cm³/mol. The maximum atomic E-state index is 13.0. The first-order chi connectivity index (χ1) is 11.1. The zero-order chi connectivity index (χ0) is 17.1. The average Bonchev–Trinajstić information content (AvgIpc) is 2.52. The van der Waals surface area contributed by atoms with E-state index in [0.717, 1.165) is 17.5 Å². The number of carbonyl (C=O) groups excluding carboxylic acids is 1. The summed E-state index contributed by atoms with van der Waals surface area (Å²) in [5.41, 5.74) is 2.00. The molecule has 1 rings (SSSR count). The van der Waals surface area contributed by atoms with Crippen LogP contribution in [0.15, 0.2) is 23.2 Å². The minimum absolute atomic E-state index is 0. The molecule has 136 valence electrons. The number of halogens is 2. The first-order valence-electron chi connectivity index (χ1n) is 7.52. The van der Waals surface area contributed by atoms with E-state index < -0.39 is 0 Å². The topological polar surface area (TPSA) is 74.8 Å². The Bertz CT molecular complexity index is 541. The lowest BCUT2D eigenvalue weighted by Crippen LogP contribution is -2.44. The second-order valence-corrected chi connectivity index (χ2v) is 5.02. The zero-order valence-electron chi connectivity index (χ0n) is 14.3. The summed E-state index contributed by atoms with van der Waals surface area (Å²) in [5, 5.41) is 8.77. The number of amides is 1. The average molecular weight is 452 g/mol. The summed E-state index contributed by atoms with van der Waals surface area (Å²) in [6.07, 6.45) is 0.743. The molecule has 0 heterocycles. The van der Waals surface area contributed by atoms with E-state index in [0.29, 0.717) is 25.7 Å². The molecule has 3 N–H and O–H groups in total. The molecule has 0 bridgehead atoms.